The Kier molecular flexibility index (Phi) is 7.10. The summed E-state index contributed by atoms with van der Waals surface area (Å²) < 4.78 is 0. The maximum atomic E-state index is 11.5. The second kappa shape index (κ2) is 8.04. The molecular weight excluding hydrogens is 242 g/mol. The van der Waals surface area contributed by atoms with Gasteiger partial charge in [-0.05, 0) is 6.92 Å². The van der Waals surface area contributed by atoms with E-state index in [1.807, 2.05) is 0 Å². The highest BCUT2D eigenvalue weighted by atomic mass is 16.4. The van der Waals surface area contributed by atoms with Crippen molar-refractivity contribution >= 4 is 23.7 Å². The predicted octanol–water partition coefficient (Wildman–Crippen LogP) is -1.83. The van der Waals surface area contributed by atoms with E-state index in [0.717, 1.165) is 4.90 Å². The molecule has 0 fully saturated rings. The Morgan fingerprint density at radius 1 is 1.11 bits per heavy atom. The number of carboxylic acids is 1. The van der Waals surface area contributed by atoms with Crippen LogP contribution in [0.15, 0.2) is 0 Å². The van der Waals surface area contributed by atoms with Gasteiger partial charge in [-0.3, -0.25) is 19.2 Å². The third-order valence-electron chi connectivity index (χ3n) is 2.00. The van der Waals surface area contributed by atoms with Crippen LogP contribution in [0, 0.1) is 0 Å². The Balaban J connectivity index is 4.03. The Morgan fingerprint density at radius 2 is 1.72 bits per heavy atom. The molecule has 8 nitrogen and oxygen atoms in total. The van der Waals surface area contributed by atoms with Crippen LogP contribution in [-0.2, 0) is 19.2 Å². The molecule has 0 saturated carbocycles. The zero-order valence-electron chi connectivity index (χ0n) is 10.4. The van der Waals surface area contributed by atoms with Crippen LogP contribution < -0.4 is 10.6 Å². The minimum Gasteiger partial charge on any atom is -0.480 e. The smallest absolute Gasteiger partial charge is 0.323 e. The van der Waals surface area contributed by atoms with Crippen LogP contribution in [0.25, 0.3) is 0 Å². The van der Waals surface area contributed by atoms with E-state index in [9.17, 15) is 19.2 Å². The van der Waals surface area contributed by atoms with Gasteiger partial charge in [-0.2, -0.15) is 0 Å². The van der Waals surface area contributed by atoms with Crippen LogP contribution in [0.1, 0.15) is 13.8 Å². The number of likely N-dealkylation sites (N-methyl/N-ethyl adjacent to an activating group) is 1. The number of carbonyl (C=O) groups excluding carboxylic acids is 3. The molecule has 0 unspecified atom stereocenters. The third-order valence-corrected chi connectivity index (χ3v) is 2.00. The normalized spacial score (nSPS) is 9.44. The number of carbonyl (C=O) groups is 4. The fraction of sp³-hybridized carbons (Fsp3) is 0.600. The molecule has 0 aliphatic carbocycles. The van der Waals surface area contributed by atoms with Gasteiger partial charge in [0.05, 0.1) is 13.1 Å². The standard InChI is InChI=1S/C10H17N3O5/c1-3-13(6-10(17)18)9(16)5-12-8(15)4-11-7(2)14/h3-6H2,1-2H3,(H,11,14)(H,12,15)(H,17,18). The third kappa shape index (κ3) is 7.20. The molecule has 0 aromatic carbocycles. The number of rotatable bonds is 7. The summed E-state index contributed by atoms with van der Waals surface area (Å²) in [6.07, 6.45) is 0. The van der Waals surface area contributed by atoms with Gasteiger partial charge in [0.1, 0.15) is 6.54 Å². The van der Waals surface area contributed by atoms with Crippen LogP contribution in [0.5, 0.6) is 0 Å². The van der Waals surface area contributed by atoms with Crippen molar-refractivity contribution in [2.45, 2.75) is 13.8 Å². The lowest BCUT2D eigenvalue weighted by Crippen LogP contribution is -2.44. The van der Waals surface area contributed by atoms with E-state index in [0.29, 0.717) is 0 Å². The molecule has 0 atom stereocenters. The quantitative estimate of drug-likeness (QED) is 0.497. The predicted molar refractivity (Wildman–Crippen MR) is 61.6 cm³/mol. The van der Waals surface area contributed by atoms with Crippen molar-refractivity contribution in [2.75, 3.05) is 26.2 Å². The van der Waals surface area contributed by atoms with Gasteiger partial charge < -0.3 is 20.6 Å². The zero-order chi connectivity index (χ0) is 14.1. The molecule has 0 spiro atoms. The highest BCUT2D eigenvalue weighted by Gasteiger charge is 2.15. The Labute approximate surface area is 104 Å². The molecule has 3 amide bonds. The number of amides is 3. The lowest BCUT2D eigenvalue weighted by Gasteiger charge is -2.18. The number of carboxylic acid groups (broad SMARTS) is 1. The molecule has 0 aromatic heterocycles. The summed E-state index contributed by atoms with van der Waals surface area (Å²) in [5.74, 6) is -2.46. The SMILES string of the molecule is CCN(CC(=O)O)C(=O)CNC(=O)CNC(C)=O. The first-order valence-corrected chi connectivity index (χ1v) is 5.37. The second-order valence-electron chi connectivity index (χ2n) is 3.49. The van der Waals surface area contributed by atoms with E-state index in [4.69, 9.17) is 5.11 Å². The molecule has 0 heterocycles. The average Bonchev–Trinajstić information content (AvgIpc) is 2.29. The first kappa shape index (κ1) is 15.9. The highest BCUT2D eigenvalue weighted by molar-refractivity contribution is 5.88. The van der Waals surface area contributed by atoms with E-state index in [-0.39, 0.29) is 25.5 Å². The molecule has 0 saturated heterocycles. The monoisotopic (exact) mass is 259 g/mol. The highest BCUT2D eigenvalue weighted by Crippen LogP contribution is 1.88. The molecule has 0 bridgehead atoms. The largest absolute Gasteiger partial charge is 0.480 e. The van der Waals surface area contributed by atoms with Gasteiger partial charge in [0.25, 0.3) is 0 Å². The summed E-state index contributed by atoms with van der Waals surface area (Å²) in [5.41, 5.74) is 0. The van der Waals surface area contributed by atoms with Crippen molar-refractivity contribution < 1.29 is 24.3 Å². The molecule has 0 aromatic rings. The number of nitrogens with zero attached hydrogens (tertiary/aromatic N) is 1. The fourth-order valence-corrected chi connectivity index (χ4v) is 1.09. The summed E-state index contributed by atoms with van der Waals surface area (Å²) in [4.78, 5) is 44.8. The molecule has 8 heteroatoms. The zero-order valence-corrected chi connectivity index (χ0v) is 10.4. The summed E-state index contributed by atoms with van der Waals surface area (Å²) in [7, 11) is 0. The van der Waals surface area contributed by atoms with Crippen LogP contribution >= 0.6 is 0 Å². The second-order valence-corrected chi connectivity index (χ2v) is 3.49. The lowest BCUT2D eigenvalue weighted by molar-refractivity contribution is -0.144. The Morgan fingerprint density at radius 3 is 2.17 bits per heavy atom. The Bertz CT molecular complexity index is 342. The minimum absolute atomic E-state index is 0.215. The first-order chi connectivity index (χ1) is 8.36. The van der Waals surface area contributed by atoms with E-state index < -0.39 is 24.3 Å². The van der Waals surface area contributed by atoms with Crippen molar-refractivity contribution in [1.82, 2.24) is 15.5 Å². The minimum atomic E-state index is -1.12. The van der Waals surface area contributed by atoms with E-state index in [1.165, 1.54) is 6.92 Å². The van der Waals surface area contributed by atoms with Crippen molar-refractivity contribution in [3.63, 3.8) is 0 Å². The fourth-order valence-electron chi connectivity index (χ4n) is 1.09. The molecule has 0 rings (SSSR count). The molecule has 0 aliphatic rings. The molecule has 3 N–H and O–H groups in total. The van der Waals surface area contributed by atoms with Crippen molar-refractivity contribution in [3.05, 3.63) is 0 Å². The van der Waals surface area contributed by atoms with Gasteiger partial charge in [0, 0.05) is 13.5 Å². The van der Waals surface area contributed by atoms with Crippen molar-refractivity contribution in [2.24, 2.45) is 0 Å². The Hall–Kier alpha value is -2.12. The van der Waals surface area contributed by atoms with Crippen molar-refractivity contribution in [3.8, 4) is 0 Å². The van der Waals surface area contributed by atoms with Gasteiger partial charge in [0.15, 0.2) is 0 Å². The van der Waals surface area contributed by atoms with E-state index >= 15 is 0 Å². The summed E-state index contributed by atoms with van der Waals surface area (Å²) in [6, 6.07) is 0. The van der Waals surface area contributed by atoms with Gasteiger partial charge in [-0.1, -0.05) is 0 Å². The molecule has 0 radical (unpaired) electrons. The van der Waals surface area contributed by atoms with Crippen molar-refractivity contribution in [1.29, 1.82) is 0 Å². The van der Waals surface area contributed by atoms with Crippen LogP contribution in [0.4, 0.5) is 0 Å². The molecule has 0 aliphatic heterocycles. The summed E-state index contributed by atoms with van der Waals surface area (Å²) >= 11 is 0. The van der Waals surface area contributed by atoms with Crippen LogP contribution in [-0.4, -0.2) is 59.9 Å². The van der Waals surface area contributed by atoms with E-state index in [2.05, 4.69) is 10.6 Å². The topological polar surface area (TPSA) is 116 Å². The van der Waals surface area contributed by atoms with Gasteiger partial charge in [0.2, 0.25) is 17.7 Å². The summed E-state index contributed by atoms with van der Waals surface area (Å²) in [5, 5.41) is 13.1. The van der Waals surface area contributed by atoms with Gasteiger partial charge in [-0.25, -0.2) is 0 Å². The van der Waals surface area contributed by atoms with Gasteiger partial charge in [-0.15, -0.1) is 0 Å². The van der Waals surface area contributed by atoms with Crippen LogP contribution in [0.2, 0.25) is 0 Å². The number of hydrogen-bond donors (Lipinski definition) is 3. The maximum absolute atomic E-state index is 11.5. The molecule has 102 valence electrons. The maximum Gasteiger partial charge on any atom is 0.323 e. The molecular formula is C10H17N3O5. The number of hydrogen-bond acceptors (Lipinski definition) is 4. The van der Waals surface area contributed by atoms with Crippen LogP contribution in [0.3, 0.4) is 0 Å². The van der Waals surface area contributed by atoms with Gasteiger partial charge >= 0.3 is 5.97 Å². The number of nitrogens with one attached hydrogen (secondary N) is 2. The van der Waals surface area contributed by atoms with E-state index in [1.54, 1.807) is 6.92 Å². The number of aliphatic carboxylic acids is 1. The first-order valence-electron chi connectivity index (χ1n) is 5.37. The lowest BCUT2D eigenvalue weighted by atomic mass is 10.4. The summed E-state index contributed by atoms with van der Waals surface area (Å²) in [6.45, 7) is 2.24. The average molecular weight is 259 g/mol. The molecule has 18 heavy (non-hydrogen) atoms.